The van der Waals surface area contributed by atoms with Gasteiger partial charge in [-0.15, -0.1) is 0 Å². The van der Waals surface area contributed by atoms with Crippen molar-refractivity contribution in [3.63, 3.8) is 0 Å². The molecular formula is C32H22BrP. The third kappa shape index (κ3) is 2.75. The van der Waals surface area contributed by atoms with E-state index in [9.17, 15) is 0 Å². The van der Waals surface area contributed by atoms with Gasteiger partial charge < -0.3 is 0 Å². The molecule has 3 aliphatic rings. The Kier molecular flexibility index (Phi) is 4.66. The zero-order valence-electron chi connectivity index (χ0n) is 18.5. The van der Waals surface area contributed by atoms with Gasteiger partial charge in [-0.1, -0.05) is 140 Å². The molecule has 0 spiro atoms. The van der Waals surface area contributed by atoms with E-state index < -0.39 is 0 Å². The number of hydrogen-bond donors (Lipinski definition) is 0. The largest absolute Gasteiger partial charge is 0.0693 e. The van der Waals surface area contributed by atoms with E-state index in [1.807, 2.05) is 0 Å². The molecule has 0 saturated carbocycles. The molecule has 34 heavy (non-hydrogen) atoms. The maximum atomic E-state index is 3.81. The average Bonchev–Trinajstić information content (AvgIpc) is 2.90. The molecule has 0 N–H and O–H groups in total. The second-order valence-electron chi connectivity index (χ2n) is 9.10. The Morgan fingerprint density at radius 2 is 0.941 bits per heavy atom. The molecule has 3 aliphatic carbocycles. The molecule has 5 aromatic carbocycles. The van der Waals surface area contributed by atoms with Crippen LogP contribution in [0.1, 0.15) is 39.3 Å². The first-order chi connectivity index (χ1) is 16.8. The molecule has 5 aromatic rings. The van der Waals surface area contributed by atoms with E-state index >= 15 is 0 Å². The van der Waals surface area contributed by atoms with Gasteiger partial charge in [0.15, 0.2) is 0 Å². The lowest BCUT2D eigenvalue weighted by molar-refractivity contribution is 0.711. The number of benzene rings is 5. The second-order valence-corrected chi connectivity index (χ2v) is 11.5. The topological polar surface area (TPSA) is 0 Å². The van der Waals surface area contributed by atoms with Crippen molar-refractivity contribution in [1.29, 1.82) is 0 Å². The van der Waals surface area contributed by atoms with Crippen LogP contribution in [-0.2, 0) is 5.16 Å². The third-order valence-corrected chi connectivity index (χ3v) is 10.0. The van der Waals surface area contributed by atoms with Gasteiger partial charge in [-0.3, -0.25) is 0 Å². The van der Waals surface area contributed by atoms with Crippen LogP contribution >= 0.6 is 24.5 Å². The fraction of sp³-hybridized carbons (Fsp3) is 0.0625. The highest BCUT2D eigenvalue weighted by Crippen LogP contribution is 2.65. The van der Waals surface area contributed by atoms with Crippen LogP contribution in [0.4, 0.5) is 0 Å². The summed E-state index contributed by atoms with van der Waals surface area (Å²) in [7, 11) is 0.563. The van der Waals surface area contributed by atoms with Gasteiger partial charge in [0, 0.05) is 10.4 Å². The van der Waals surface area contributed by atoms with E-state index in [2.05, 4.69) is 137 Å². The van der Waals surface area contributed by atoms with Crippen LogP contribution in [0.2, 0.25) is 0 Å². The number of rotatable bonds is 3. The van der Waals surface area contributed by atoms with E-state index in [1.54, 1.807) is 0 Å². The highest BCUT2D eigenvalue weighted by molar-refractivity contribution is 9.10. The average molecular weight is 517 g/mol. The first-order valence-corrected chi connectivity index (χ1v) is 13.5. The first-order valence-electron chi connectivity index (χ1n) is 11.7. The SMILES string of the molecule is Brc1ccccc1-c1ccccc1PC12c3ccccc3C(c3ccccc31)c1ccccc12. The second kappa shape index (κ2) is 7.77. The van der Waals surface area contributed by atoms with E-state index in [1.165, 1.54) is 49.8 Å². The molecule has 0 heterocycles. The van der Waals surface area contributed by atoms with Crippen LogP contribution in [-0.4, -0.2) is 0 Å². The number of halogens is 1. The lowest BCUT2D eigenvalue weighted by atomic mass is 9.60. The van der Waals surface area contributed by atoms with Gasteiger partial charge in [0.1, 0.15) is 0 Å². The van der Waals surface area contributed by atoms with Crippen molar-refractivity contribution in [1.82, 2.24) is 0 Å². The van der Waals surface area contributed by atoms with Crippen LogP contribution < -0.4 is 5.30 Å². The van der Waals surface area contributed by atoms with Gasteiger partial charge >= 0.3 is 0 Å². The van der Waals surface area contributed by atoms with Crippen LogP contribution in [0, 0.1) is 0 Å². The van der Waals surface area contributed by atoms with E-state index in [0.717, 1.165) is 4.47 Å². The molecule has 0 radical (unpaired) electrons. The Labute approximate surface area is 210 Å². The van der Waals surface area contributed by atoms with Crippen LogP contribution in [0.3, 0.4) is 0 Å². The third-order valence-electron chi connectivity index (χ3n) is 7.44. The monoisotopic (exact) mass is 516 g/mol. The normalized spacial score (nSPS) is 19.6. The Morgan fingerprint density at radius 1 is 0.500 bits per heavy atom. The first kappa shape index (κ1) is 20.4. The van der Waals surface area contributed by atoms with Crippen molar-refractivity contribution in [3.8, 4) is 11.1 Å². The number of hydrogen-bond acceptors (Lipinski definition) is 0. The molecule has 1 unspecified atom stereocenters. The highest BCUT2D eigenvalue weighted by Gasteiger charge is 2.51. The van der Waals surface area contributed by atoms with Gasteiger partial charge in [-0.2, -0.15) is 0 Å². The predicted octanol–water partition coefficient (Wildman–Crippen LogP) is 8.22. The summed E-state index contributed by atoms with van der Waals surface area (Å²) >= 11 is 3.81. The minimum atomic E-state index is -0.185. The standard InChI is InChI=1S/C32H22BrP/c33-29-19-9-4-11-21(29)22-12-5-10-20-30(22)34-32-26-16-6-1-13-23(26)31(24-14-2-7-17-27(24)32)25-15-3-8-18-28(25)32/h1-20,31,34H. The summed E-state index contributed by atoms with van der Waals surface area (Å²) in [5, 5.41) is 1.21. The Bertz CT molecular complexity index is 1450. The van der Waals surface area contributed by atoms with Crippen LogP contribution in [0.5, 0.6) is 0 Å². The quantitative estimate of drug-likeness (QED) is 0.212. The molecule has 0 amide bonds. The van der Waals surface area contributed by atoms with Crippen molar-refractivity contribution in [2.75, 3.05) is 0 Å². The zero-order chi connectivity index (χ0) is 22.7. The van der Waals surface area contributed by atoms with Gasteiger partial charge in [-0.25, -0.2) is 0 Å². The summed E-state index contributed by atoms with van der Waals surface area (Å²) in [5.41, 5.74) is 11.4. The van der Waals surface area contributed by atoms with E-state index in [0.29, 0.717) is 14.5 Å². The summed E-state index contributed by atoms with van der Waals surface area (Å²) in [4.78, 5) is 0. The summed E-state index contributed by atoms with van der Waals surface area (Å²) in [6, 6.07) is 45.0. The summed E-state index contributed by atoms with van der Waals surface area (Å²) in [6.07, 6.45) is 0. The molecule has 8 rings (SSSR count). The minimum Gasteiger partial charge on any atom is -0.0693 e. The highest BCUT2D eigenvalue weighted by atomic mass is 79.9. The van der Waals surface area contributed by atoms with Crippen LogP contribution in [0.15, 0.2) is 126 Å². The van der Waals surface area contributed by atoms with E-state index in [-0.39, 0.29) is 5.16 Å². The molecule has 0 fully saturated rings. The fourth-order valence-electron chi connectivity index (χ4n) is 6.12. The van der Waals surface area contributed by atoms with Gasteiger partial charge in [-0.05, 0) is 55.9 Å². The Balaban J connectivity index is 1.55. The molecular weight excluding hydrogens is 495 g/mol. The Hall–Kier alpha value is -2.99. The molecule has 0 saturated heterocycles. The molecule has 2 bridgehead atoms. The zero-order valence-corrected chi connectivity index (χ0v) is 21.1. The smallest absolute Gasteiger partial charge is 0.0671 e. The molecule has 0 aromatic heterocycles. The van der Waals surface area contributed by atoms with E-state index in [4.69, 9.17) is 0 Å². The maximum Gasteiger partial charge on any atom is 0.0671 e. The van der Waals surface area contributed by atoms with Crippen molar-refractivity contribution in [3.05, 3.63) is 159 Å². The lowest BCUT2D eigenvalue weighted by Gasteiger charge is -2.51. The van der Waals surface area contributed by atoms with Gasteiger partial charge in [0.2, 0.25) is 0 Å². The van der Waals surface area contributed by atoms with Gasteiger partial charge in [0.25, 0.3) is 0 Å². The molecule has 0 aliphatic heterocycles. The molecule has 2 heteroatoms. The predicted molar refractivity (Wildman–Crippen MR) is 148 cm³/mol. The van der Waals surface area contributed by atoms with Crippen LogP contribution in [0.25, 0.3) is 11.1 Å². The summed E-state index contributed by atoms with van der Waals surface area (Å²) < 4.78 is 1.14. The molecule has 1 atom stereocenters. The van der Waals surface area contributed by atoms with Gasteiger partial charge in [0.05, 0.1) is 5.16 Å². The molecule has 162 valence electrons. The minimum absolute atomic E-state index is 0.185. The maximum absolute atomic E-state index is 3.81. The van der Waals surface area contributed by atoms with Crippen molar-refractivity contribution in [2.45, 2.75) is 11.1 Å². The molecule has 0 nitrogen and oxygen atoms in total. The summed E-state index contributed by atoms with van der Waals surface area (Å²) in [5.74, 6) is 0.314. The summed E-state index contributed by atoms with van der Waals surface area (Å²) in [6.45, 7) is 0. The Morgan fingerprint density at radius 3 is 1.50 bits per heavy atom. The fourth-order valence-corrected chi connectivity index (χ4v) is 8.64. The lowest BCUT2D eigenvalue weighted by Crippen LogP contribution is -2.40. The van der Waals surface area contributed by atoms with Crippen molar-refractivity contribution >= 4 is 29.8 Å². The van der Waals surface area contributed by atoms with Crippen molar-refractivity contribution < 1.29 is 0 Å². The van der Waals surface area contributed by atoms with Crippen molar-refractivity contribution in [2.24, 2.45) is 0 Å².